The van der Waals surface area contributed by atoms with Crippen LogP contribution in [0, 0.1) is 0 Å². The Morgan fingerprint density at radius 1 is 1.06 bits per heavy atom. The van der Waals surface area contributed by atoms with Crippen molar-refractivity contribution < 1.29 is 9.53 Å². The van der Waals surface area contributed by atoms with Crippen LogP contribution < -0.4 is 10.1 Å². The maximum Gasteiger partial charge on any atom is 0.264 e. The van der Waals surface area contributed by atoms with Gasteiger partial charge in [-0.3, -0.25) is 4.79 Å². The summed E-state index contributed by atoms with van der Waals surface area (Å²) >= 11 is 0. The quantitative estimate of drug-likeness (QED) is 0.874. The average Bonchev–Trinajstić information content (AvgIpc) is 2.15. The summed E-state index contributed by atoms with van der Waals surface area (Å²) in [5.41, 5.74) is -1.14. The second-order valence-corrected chi connectivity index (χ2v) is 5.63. The van der Waals surface area contributed by atoms with Gasteiger partial charge in [0, 0.05) is 5.54 Å². The minimum absolute atomic E-state index is 0.117. The molecule has 0 spiro atoms. The molecule has 1 aromatic carbocycles. The molecule has 17 heavy (non-hydrogen) atoms. The number of nitrogens with one attached hydrogen (secondary N) is 1. The van der Waals surface area contributed by atoms with E-state index in [0.29, 0.717) is 5.75 Å². The summed E-state index contributed by atoms with van der Waals surface area (Å²) < 4.78 is 5.70. The number of ether oxygens (including phenoxy) is 1. The van der Waals surface area contributed by atoms with Crippen LogP contribution in [-0.4, -0.2) is 17.0 Å². The van der Waals surface area contributed by atoms with Gasteiger partial charge in [-0.05, 0) is 46.8 Å². The fourth-order valence-electron chi connectivity index (χ4n) is 1.32. The van der Waals surface area contributed by atoms with E-state index in [1.807, 2.05) is 51.1 Å². The van der Waals surface area contributed by atoms with Crippen LogP contribution in [0.1, 0.15) is 34.6 Å². The van der Waals surface area contributed by atoms with Gasteiger partial charge in [0.05, 0.1) is 0 Å². The summed E-state index contributed by atoms with van der Waals surface area (Å²) in [6, 6.07) is 9.35. The maximum absolute atomic E-state index is 12.0. The highest BCUT2D eigenvalue weighted by molar-refractivity contribution is 5.85. The lowest BCUT2D eigenvalue weighted by atomic mass is 10.0. The van der Waals surface area contributed by atoms with E-state index in [9.17, 15) is 4.79 Å². The molecule has 0 bridgehead atoms. The molecule has 0 atom stereocenters. The van der Waals surface area contributed by atoms with Gasteiger partial charge in [0.1, 0.15) is 5.75 Å². The molecule has 0 unspecified atom stereocenters. The Bertz CT molecular complexity index is 377. The number of hydrogen-bond donors (Lipinski definition) is 1. The second-order valence-electron chi connectivity index (χ2n) is 5.63. The zero-order valence-corrected chi connectivity index (χ0v) is 11.2. The first-order chi connectivity index (χ1) is 7.71. The first kappa shape index (κ1) is 13.6. The Morgan fingerprint density at radius 3 is 2.06 bits per heavy atom. The molecular weight excluding hydrogens is 214 g/mol. The molecule has 3 heteroatoms. The Hall–Kier alpha value is -1.51. The molecular formula is C14H21NO2. The number of carbonyl (C=O) groups excluding carboxylic acids is 1. The molecule has 3 nitrogen and oxygen atoms in total. The minimum Gasteiger partial charge on any atom is -0.478 e. The van der Waals surface area contributed by atoms with Crippen LogP contribution in [-0.2, 0) is 4.79 Å². The summed E-state index contributed by atoms with van der Waals surface area (Å²) in [7, 11) is 0. The number of carbonyl (C=O) groups is 1. The SMILES string of the molecule is CC(C)(C)NC(=O)C(C)(C)Oc1ccccc1. The van der Waals surface area contributed by atoms with Crippen molar-refractivity contribution in [1.82, 2.24) is 5.32 Å². The van der Waals surface area contributed by atoms with Crippen LogP contribution >= 0.6 is 0 Å². The number of benzene rings is 1. The molecule has 1 rings (SSSR count). The van der Waals surface area contributed by atoms with E-state index in [1.165, 1.54) is 0 Å². The topological polar surface area (TPSA) is 38.3 Å². The van der Waals surface area contributed by atoms with Crippen molar-refractivity contribution in [3.63, 3.8) is 0 Å². The van der Waals surface area contributed by atoms with Crippen molar-refractivity contribution in [3.05, 3.63) is 30.3 Å². The van der Waals surface area contributed by atoms with Crippen molar-refractivity contribution in [1.29, 1.82) is 0 Å². The van der Waals surface area contributed by atoms with Gasteiger partial charge in [0.25, 0.3) is 5.91 Å². The van der Waals surface area contributed by atoms with Crippen LogP contribution in [0.3, 0.4) is 0 Å². The zero-order chi connectivity index (χ0) is 13.1. The number of hydrogen-bond acceptors (Lipinski definition) is 2. The van der Waals surface area contributed by atoms with Crippen LogP contribution in [0.15, 0.2) is 30.3 Å². The van der Waals surface area contributed by atoms with Gasteiger partial charge in [0.15, 0.2) is 5.60 Å². The average molecular weight is 235 g/mol. The van der Waals surface area contributed by atoms with Gasteiger partial charge >= 0.3 is 0 Å². The molecule has 0 aliphatic carbocycles. The summed E-state index contributed by atoms with van der Waals surface area (Å²) in [5.74, 6) is 0.579. The van der Waals surface area contributed by atoms with Gasteiger partial charge in [-0.1, -0.05) is 18.2 Å². The predicted octanol–water partition coefficient (Wildman–Crippen LogP) is 2.76. The van der Waals surface area contributed by atoms with Crippen LogP contribution in [0.25, 0.3) is 0 Å². The standard InChI is InChI=1S/C14H21NO2/c1-13(2,3)15-12(16)14(4,5)17-11-9-7-6-8-10-11/h6-10H,1-5H3,(H,15,16). The molecule has 0 aromatic heterocycles. The third-order valence-corrected chi connectivity index (χ3v) is 2.15. The largest absolute Gasteiger partial charge is 0.478 e. The fraction of sp³-hybridized carbons (Fsp3) is 0.500. The number of para-hydroxylation sites is 1. The van der Waals surface area contributed by atoms with E-state index in [2.05, 4.69) is 5.32 Å². The number of amides is 1. The highest BCUT2D eigenvalue weighted by Crippen LogP contribution is 2.18. The molecule has 0 saturated carbocycles. The lowest BCUT2D eigenvalue weighted by Crippen LogP contribution is -2.52. The molecule has 0 aliphatic heterocycles. The fourth-order valence-corrected chi connectivity index (χ4v) is 1.32. The van der Waals surface area contributed by atoms with E-state index in [4.69, 9.17) is 4.74 Å². The third kappa shape index (κ3) is 4.47. The van der Waals surface area contributed by atoms with Gasteiger partial charge in [0.2, 0.25) is 0 Å². The Kier molecular flexibility index (Phi) is 3.81. The van der Waals surface area contributed by atoms with Gasteiger partial charge in [-0.25, -0.2) is 0 Å². The van der Waals surface area contributed by atoms with E-state index in [1.54, 1.807) is 13.8 Å². The van der Waals surface area contributed by atoms with Gasteiger partial charge in [-0.15, -0.1) is 0 Å². The number of rotatable bonds is 3. The summed E-state index contributed by atoms with van der Waals surface area (Å²) in [6.07, 6.45) is 0. The van der Waals surface area contributed by atoms with Crippen molar-refractivity contribution in [3.8, 4) is 5.75 Å². The monoisotopic (exact) mass is 235 g/mol. The molecule has 1 aromatic rings. The van der Waals surface area contributed by atoms with Gasteiger partial charge < -0.3 is 10.1 Å². The Balaban J connectivity index is 2.72. The summed E-state index contributed by atoms with van der Waals surface area (Å²) in [6.45, 7) is 9.37. The van der Waals surface area contributed by atoms with Crippen LogP contribution in [0.5, 0.6) is 5.75 Å². The first-order valence-corrected chi connectivity index (χ1v) is 5.77. The Labute approximate surface area is 103 Å². The minimum atomic E-state index is -0.880. The van der Waals surface area contributed by atoms with E-state index >= 15 is 0 Å². The lowest BCUT2D eigenvalue weighted by Gasteiger charge is -2.30. The van der Waals surface area contributed by atoms with E-state index in [-0.39, 0.29) is 11.4 Å². The normalized spacial score (nSPS) is 12.1. The maximum atomic E-state index is 12.0. The molecule has 0 saturated heterocycles. The van der Waals surface area contributed by atoms with Crippen molar-refractivity contribution in [2.45, 2.75) is 45.8 Å². The Morgan fingerprint density at radius 2 is 1.59 bits per heavy atom. The molecule has 0 heterocycles. The lowest BCUT2D eigenvalue weighted by molar-refractivity contribution is -0.135. The third-order valence-electron chi connectivity index (χ3n) is 2.15. The van der Waals surface area contributed by atoms with Gasteiger partial charge in [-0.2, -0.15) is 0 Å². The smallest absolute Gasteiger partial charge is 0.264 e. The molecule has 1 amide bonds. The zero-order valence-electron chi connectivity index (χ0n) is 11.2. The molecule has 0 fully saturated rings. The van der Waals surface area contributed by atoms with Crippen LogP contribution in [0.4, 0.5) is 0 Å². The second kappa shape index (κ2) is 4.78. The van der Waals surface area contributed by atoms with E-state index in [0.717, 1.165) is 0 Å². The van der Waals surface area contributed by atoms with Crippen molar-refractivity contribution >= 4 is 5.91 Å². The van der Waals surface area contributed by atoms with Crippen LogP contribution in [0.2, 0.25) is 0 Å². The summed E-state index contributed by atoms with van der Waals surface area (Å²) in [4.78, 5) is 12.0. The molecule has 0 aliphatic rings. The van der Waals surface area contributed by atoms with Crippen molar-refractivity contribution in [2.24, 2.45) is 0 Å². The van der Waals surface area contributed by atoms with Crippen molar-refractivity contribution in [2.75, 3.05) is 0 Å². The highest BCUT2D eigenvalue weighted by atomic mass is 16.5. The molecule has 1 N–H and O–H groups in total. The molecule has 94 valence electrons. The first-order valence-electron chi connectivity index (χ1n) is 5.77. The van der Waals surface area contributed by atoms with E-state index < -0.39 is 5.60 Å². The predicted molar refractivity (Wildman–Crippen MR) is 69.0 cm³/mol. The highest BCUT2D eigenvalue weighted by Gasteiger charge is 2.32. The molecule has 0 radical (unpaired) electrons. The summed E-state index contributed by atoms with van der Waals surface area (Å²) in [5, 5.41) is 2.92.